The second kappa shape index (κ2) is 5.79. The summed E-state index contributed by atoms with van der Waals surface area (Å²) in [6.45, 7) is 0.969. The highest BCUT2D eigenvalue weighted by Gasteiger charge is 2.25. The fourth-order valence-electron chi connectivity index (χ4n) is 1.82. The molecule has 0 unspecified atom stereocenters. The third-order valence-corrected chi connectivity index (χ3v) is 5.58. The first-order valence-corrected chi connectivity index (χ1v) is 9.42. The van der Waals surface area contributed by atoms with E-state index in [0.717, 1.165) is 18.4 Å². The number of nitrogens with one attached hydrogen (secondary N) is 1. The Labute approximate surface area is 123 Å². The van der Waals surface area contributed by atoms with Gasteiger partial charge in [-0.25, -0.2) is 8.42 Å². The number of anilines is 1. The van der Waals surface area contributed by atoms with Gasteiger partial charge in [0, 0.05) is 19.3 Å². The van der Waals surface area contributed by atoms with Gasteiger partial charge in [-0.2, -0.15) is 12.7 Å². The molecule has 0 aromatic heterocycles. The van der Waals surface area contributed by atoms with Gasteiger partial charge in [-0.3, -0.25) is 4.72 Å². The molecule has 10 heteroatoms. The molecule has 1 aliphatic heterocycles. The summed E-state index contributed by atoms with van der Waals surface area (Å²) in [6, 6.07) is 3.42. The van der Waals surface area contributed by atoms with Gasteiger partial charge >= 0.3 is 10.2 Å². The molecule has 1 fully saturated rings. The first-order valence-electron chi connectivity index (χ1n) is 6.09. The monoisotopic (exact) mass is 336 g/mol. The Balaban J connectivity index is 2.30. The Morgan fingerprint density at radius 3 is 2.38 bits per heavy atom. The third kappa shape index (κ3) is 3.84. The van der Waals surface area contributed by atoms with Crippen molar-refractivity contribution in [1.29, 1.82) is 0 Å². The summed E-state index contributed by atoms with van der Waals surface area (Å²) in [5.41, 5.74) is -0.176. The van der Waals surface area contributed by atoms with Crippen LogP contribution in [0.4, 0.5) is 5.69 Å². The molecule has 118 valence electrons. The van der Waals surface area contributed by atoms with Gasteiger partial charge in [0.15, 0.2) is 9.84 Å². The maximum Gasteiger partial charge on any atom is 0.301 e. The predicted molar refractivity (Wildman–Crippen MR) is 76.2 cm³/mol. The van der Waals surface area contributed by atoms with Gasteiger partial charge in [-0.15, -0.1) is 0 Å². The minimum absolute atomic E-state index is 0.0834. The Bertz CT molecular complexity index is 723. The molecule has 2 N–H and O–H groups in total. The number of aromatic hydroxyl groups is 1. The molecule has 1 aliphatic rings. The molecule has 0 spiro atoms. The lowest BCUT2D eigenvalue weighted by atomic mass is 10.3. The molecule has 1 saturated heterocycles. The molecule has 0 atom stereocenters. The van der Waals surface area contributed by atoms with E-state index in [4.69, 9.17) is 4.74 Å². The number of phenolic OH excluding ortho intramolecular Hbond substituents is 1. The molecule has 2 rings (SSSR count). The van der Waals surface area contributed by atoms with Crippen LogP contribution in [0, 0.1) is 0 Å². The predicted octanol–water partition coefficient (Wildman–Crippen LogP) is -0.215. The maximum atomic E-state index is 12.2. The van der Waals surface area contributed by atoms with Crippen LogP contribution in [-0.4, -0.2) is 58.8 Å². The Morgan fingerprint density at radius 1 is 1.19 bits per heavy atom. The molecular formula is C11H16N2O6S2. The number of hydrogen-bond donors (Lipinski definition) is 2. The summed E-state index contributed by atoms with van der Waals surface area (Å²) in [6.07, 6.45) is 1.000. The summed E-state index contributed by atoms with van der Waals surface area (Å²) in [5.74, 6) is -0.348. The van der Waals surface area contributed by atoms with E-state index >= 15 is 0 Å². The van der Waals surface area contributed by atoms with Crippen molar-refractivity contribution in [3.05, 3.63) is 18.2 Å². The lowest BCUT2D eigenvalue weighted by Crippen LogP contribution is -2.43. The van der Waals surface area contributed by atoms with Crippen LogP contribution in [0.5, 0.6) is 5.75 Å². The standard InChI is InChI=1S/C11H16N2O6S2/c1-20(15,16)9-2-3-11(14)10(8-9)12-21(17,18)13-4-6-19-7-5-13/h2-3,8,12,14H,4-7H2,1H3. The number of morpholine rings is 1. The van der Waals surface area contributed by atoms with E-state index in [1.807, 2.05) is 0 Å². The van der Waals surface area contributed by atoms with E-state index in [0.29, 0.717) is 0 Å². The highest BCUT2D eigenvalue weighted by molar-refractivity contribution is 7.91. The molecule has 8 nitrogen and oxygen atoms in total. The summed E-state index contributed by atoms with van der Waals surface area (Å²) in [5, 5.41) is 9.70. The lowest BCUT2D eigenvalue weighted by Gasteiger charge is -2.26. The molecule has 0 saturated carbocycles. The van der Waals surface area contributed by atoms with E-state index in [1.54, 1.807) is 0 Å². The SMILES string of the molecule is CS(=O)(=O)c1ccc(O)c(NS(=O)(=O)N2CCOCC2)c1. The first kappa shape index (κ1) is 16.0. The molecule has 21 heavy (non-hydrogen) atoms. The van der Waals surface area contributed by atoms with Gasteiger partial charge in [-0.05, 0) is 18.2 Å². The largest absolute Gasteiger partial charge is 0.506 e. The number of rotatable bonds is 4. The van der Waals surface area contributed by atoms with Gasteiger partial charge < -0.3 is 9.84 Å². The second-order valence-electron chi connectivity index (χ2n) is 4.57. The zero-order chi connectivity index (χ0) is 15.7. The van der Waals surface area contributed by atoms with Crippen molar-refractivity contribution >= 4 is 25.7 Å². The molecule has 1 heterocycles. The fourth-order valence-corrected chi connectivity index (χ4v) is 3.67. The van der Waals surface area contributed by atoms with Crippen molar-refractivity contribution in [3.8, 4) is 5.75 Å². The smallest absolute Gasteiger partial charge is 0.301 e. The Hall–Kier alpha value is -1.36. The second-order valence-corrected chi connectivity index (χ2v) is 8.26. The lowest BCUT2D eigenvalue weighted by molar-refractivity contribution is 0.0733. The molecular weight excluding hydrogens is 320 g/mol. The maximum absolute atomic E-state index is 12.2. The van der Waals surface area contributed by atoms with E-state index in [1.165, 1.54) is 10.4 Å². The van der Waals surface area contributed by atoms with E-state index < -0.39 is 20.0 Å². The number of hydrogen-bond acceptors (Lipinski definition) is 6. The van der Waals surface area contributed by atoms with Crippen LogP contribution in [0.1, 0.15) is 0 Å². The van der Waals surface area contributed by atoms with Gasteiger partial charge in [0.1, 0.15) is 5.75 Å². The van der Waals surface area contributed by atoms with E-state index in [-0.39, 0.29) is 42.6 Å². The summed E-state index contributed by atoms with van der Waals surface area (Å²) in [4.78, 5) is -0.0834. The van der Waals surface area contributed by atoms with Gasteiger partial charge in [0.05, 0.1) is 23.8 Å². The molecule has 0 aliphatic carbocycles. The number of phenols is 1. The average Bonchev–Trinajstić information content (AvgIpc) is 2.41. The topological polar surface area (TPSA) is 113 Å². The highest BCUT2D eigenvalue weighted by atomic mass is 32.2. The van der Waals surface area contributed by atoms with Crippen molar-refractivity contribution < 1.29 is 26.7 Å². The Kier molecular flexibility index (Phi) is 4.42. The van der Waals surface area contributed by atoms with Crippen LogP contribution in [0.25, 0.3) is 0 Å². The minimum atomic E-state index is -3.87. The zero-order valence-electron chi connectivity index (χ0n) is 11.3. The van der Waals surface area contributed by atoms with E-state index in [2.05, 4.69) is 4.72 Å². The quantitative estimate of drug-likeness (QED) is 0.735. The third-order valence-electron chi connectivity index (χ3n) is 2.95. The molecule has 1 aromatic rings. The van der Waals surface area contributed by atoms with Gasteiger partial charge in [0.2, 0.25) is 0 Å². The van der Waals surface area contributed by atoms with Crippen LogP contribution in [0.2, 0.25) is 0 Å². The van der Waals surface area contributed by atoms with E-state index in [9.17, 15) is 21.9 Å². The van der Waals surface area contributed by atoms with Crippen molar-refractivity contribution in [2.75, 3.05) is 37.3 Å². The summed E-state index contributed by atoms with van der Waals surface area (Å²) < 4.78 is 55.7. The van der Waals surface area contributed by atoms with Crippen LogP contribution >= 0.6 is 0 Å². The van der Waals surface area contributed by atoms with Crippen molar-refractivity contribution in [1.82, 2.24) is 4.31 Å². The molecule has 0 bridgehead atoms. The highest BCUT2D eigenvalue weighted by Crippen LogP contribution is 2.27. The zero-order valence-corrected chi connectivity index (χ0v) is 12.9. The van der Waals surface area contributed by atoms with Crippen LogP contribution < -0.4 is 4.72 Å². The average molecular weight is 336 g/mol. The first-order chi connectivity index (χ1) is 9.70. The normalized spacial score (nSPS) is 17.6. The molecule has 0 radical (unpaired) electrons. The van der Waals surface area contributed by atoms with Gasteiger partial charge in [-0.1, -0.05) is 0 Å². The van der Waals surface area contributed by atoms with Crippen LogP contribution in [0.15, 0.2) is 23.1 Å². The minimum Gasteiger partial charge on any atom is -0.506 e. The Morgan fingerprint density at radius 2 is 1.81 bits per heavy atom. The number of ether oxygens (including phenoxy) is 1. The van der Waals surface area contributed by atoms with Crippen molar-refractivity contribution in [2.24, 2.45) is 0 Å². The number of sulfone groups is 1. The summed E-state index contributed by atoms with van der Waals surface area (Å²) in [7, 11) is -7.37. The number of benzene rings is 1. The molecule has 1 aromatic carbocycles. The van der Waals surface area contributed by atoms with Crippen molar-refractivity contribution in [2.45, 2.75) is 4.90 Å². The fraction of sp³-hybridized carbons (Fsp3) is 0.455. The number of nitrogens with zero attached hydrogens (tertiary/aromatic N) is 1. The summed E-state index contributed by atoms with van der Waals surface area (Å²) >= 11 is 0. The molecule has 0 amide bonds. The van der Waals surface area contributed by atoms with Gasteiger partial charge in [0.25, 0.3) is 0 Å². The van der Waals surface area contributed by atoms with Crippen LogP contribution in [-0.2, 0) is 24.8 Å². The van der Waals surface area contributed by atoms with Crippen LogP contribution in [0.3, 0.4) is 0 Å². The van der Waals surface area contributed by atoms with Crippen molar-refractivity contribution in [3.63, 3.8) is 0 Å².